The van der Waals surface area contributed by atoms with Gasteiger partial charge < -0.3 is 5.32 Å². The second kappa shape index (κ2) is 6.95. The first-order chi connectivity index (χ1) is 7.50. The molecule has 1 amide bonds. The van der Waals surface area contributed by atoms with Crippen molar-refractivity contribution in [2.24, 2.45) is 0 Å². The highest BCUT2D eigenvalue weighted by atomic mass is 127. The molecule has 1 N–H and O–H groups in total. The Morgan fingerprint density at radius 3 is 2.69 bits per heavy atom. The van der Waals surface area contributed by atoms with Crippen molar-refractivity contribution < 1.29 is 4.79 Å². The highest BCUT2D eigenvalue weighted by Gasteiger charge is 2.08. The zero-order valence-corrected chi connectivity index (χ0v) is 14.5. The zero-order valence-electron chi connectivity index (χ0n) is 8.56. The fraction of sp³-hybridized carbons (Fsp3) is 0.182. The zero-order chi connectivity index (χ0) is 12.1. The molecular weight excluding hydrogens is 496 g/mol. The lowest BCUT2D eigenvalue weighted by molar-refractivity contribution is -0.116. The van der Waals surface area contributed by atoms with Crippen LogP contribution in [0, 0.1) is 6.92 Å². The molecule has 0 saturated carbocycles. The Hall–Kier alpha value is 0.370. The predicted octanol–water partition coefficient (Wildman–Crippen LogP) is 4.05. The van der Waals surface area contributed by atoms with E-state index in [1.54, 1.807) is 0 Å². The monoisotopic (exact) mass is 505 g/mol. The molecule has 0 aliphatic heterocycles. The molecule has 1 aromatic rings. The second-order valence-corrected chi connectivity index (χ2v) is 7.68. The summed E-state index contributed by atoms with van der Waals surface area (Å²) < 4.78 is 1.50. The van der Waals surface area contributed by atoms with Gasteiger partial charge in [0.05, 0.1) is 6.07 Å². The average Bonchev–Trinajstić information content (AvgIpc) is 2.24. The van der Waals surface area contributed by atoms with Gasteiger partial charge in [-0.3, -0.25) is 4.79 Å². The first-order valence-electron chi connectivity index (χ1n) is 4.55. The first-order valence-corrected chi connectivity index (χ1v) is 7.50. The highest BCUT2D eigenvalue weighted by Crippen LogP contribution is 2.24. The smallest absolute Gasteiger partial charge is 0.259 e. The van der Waals surface area contributed by atoms with Crippen LogP contribution in [0.15, 0.2) is 30.3 Å². The minimum Gasteiger partial charge on any atom is -0.348 e. The molecule has 16 heavy (non-hydrogen) atoms. The molecule has 0 radical (unpaired) electrons. The van der Waals surface area contributed by atoms with Crippen molar-refractivity contribution in [2.45, 2.75) is 13.5 Å². The van der Waals surface area contributed by atoms with E-state index in [1.807, 2.05) is 47.7 Å². The van der Waals surface area contributed by atoms with Gasteiger partial charge in [0.1, 0.15) is 0 Å². The van der Waals surface area contributed by atoms with Crippen LogP contribution in [-0.2, 0) is 11.3 Å². The Bertz CT molecular complexity index is 428. The maximum absolute atomic E-state index is 11.6. The third-order valence-corrected chi connectivity index (χ3v) is 5.64. The van der Waals surface area contributed by atoms with Crippen molar-refractivity contribution in [1.82, 2.24) is 5.32 Å². The van der Waals surface area contributed by atoms with Crippen LogP contribution in [0.2, 0.25) is 0 Å². The molecule has 0 unspecified atom stereocenters. The van der Waals surface area contributed by atoms with Gasteiger partial charge in [-0.25, -0.2) is 0 Å². The number of carbonyl (C=O) groups is 1. The fourth-order valence-electron chi connectivity index (χ4n) is 1.17. The Kier molecular flexibility index (Phi) is 6.27. The Morgan fingerprint density at radius 1 is 1.44 bits per heavy atom. The maximum Gasteiger partial charge on any atom is 0.259 e. The van der Waals surface area contributed by atoms with E-state index < -0.39 is 0 Å². The van der Waals surface area contributed by atoms with Crippen LogP contribution in [0.4, 0.5) is 0 Å². The van der Waals surface area contributed by atoms with Gasteiger partial charge in [-0.05, 0) is 73.6 Å². The van der Waals surface area contributed by atoms with Crippen molar-refractivity contribution >= 4 is 67.0 Å². The van der Waals surface area contributed by atoms with Crippen LogP contribution in [0.3, 0.4) is 0 Å². The van der Waals surface area contributed by atoms with Gasteiger partial charge in [-0.2, -0.15) is 0 Å². The normalized spacial score (nSPS) is 12.0. The van der Waals surface area contributed by atoms with Crippen LogP contribution in [0.25, 0.3) is 0 Å². The van der Waals surface area contributed by atoms with E-state index in [1.165, 1.54) is 5.56 Å². The Morgan fingerprint density at radius 2 is 2.12 bits per heavy atom. The van der Waals surface area contributed by atoms with Gasteiger partial charge in [-0.15, -0.1) is 0 Å². The summed E-state index contributed by atoms with van der Waals surface area (Å²) in [6, 6.07) is 8.10. The van der Waals surface area contributed by atoms with E-state index in [9.17, 15) is 4.79 Å². The molecule has 1 aromatic carbocycles. The van der Waals surface area contributed by atoms with Crippen LogP contribution in [0.1, 0.15) is 11.1 Å². The molecular formula is C11H10BrI2NO. The average molecular weight is 506 g/mol. The molecule has 0 aliphatic rings. The summed E-state index contributed by atoms with van der Waals surface area (Å²) in [6.45, 7) is 2.60. The summed E-state index contributed by atoms with van der Waals surface area (Å²) in [7, 11) is 0. The van der Waals surface area contributed by atoms with Gasteiger partial charge in [0.25, 0.3) is 5.91 Å². The molecule has 0 fully saturated rings. The van der Waals surface area contributed by atoms with E-state index in [0.717, 1.165) is 8.05 Å². The van der Waals surface area contributed by atoms with Gasteiger partial charge in [0, 0.05) is 6.54 Å². The third-order valence-electron chi connectivity index (χ3n) is 1.90. The van der Waals surface area contributed by atoms with Crippen LogP contribution < -0.4 is 5.32 Å². The number of amides is 1. The van der Waals surface area contributed by atoms with Crippen LogP contribution in [0.5, 0.6) is 0 Å². The molecule has 0 atom stereocenters. The lowest BCUT2D eigenvalue weighted by atomic mass is 10.1. The largest absolute Gasteiger partial charge is 0.348 e. The number of halogens is 3. The standard InChI is InChI=1S/C11H10BrI2NO/c1-7-3-2-4-8(5-7)6-15-11(16)9(13)10(12)14/h2-5H,6H2,1H3,(H,15,16)/b10-9+. The number of carbonyl (C=O) groups excluding carboxylic acids is 1. The van der Waals surface area contributed by atoms with E-state index in [0.29, 0.717) is 10.1 Å². The van der Waals surface area contributed by atoms with Crippen molar-refractivity contribution in [1.29, 1.82) is 0 Å². The van der Waals surface area contributed by atoms with Gasteiger partial charge in [0.15, 0.2) is 0 Å². The number of hydrogen-bond acceptors (Lipinski definition) is 1. The predicted molar refractivity (Wildman–Crippen MR) is 87.0 cm³/mol. The van der Waals surface area contributed by atoms with Crippen molar-refractivity contribution in [3.05, 3.63) is 41.5 Å². The van der Waals surface area contributed by atoms with E-state index in [4.69, 9.17) is 0 Å². The molecule has 0 spiro atoms. The highest BCUT2D eigenvalue weighted by molar-refractivity contribution is 14.1. The van der Waals surface area contributed by atoms with Gasteiger partial charge >= 0.3 is 0 Å². The number of hydrogen-bond donors (Lipinski definition) is 1. The summed E-state index contributed by atoms with van der Waals surface area (Å²) in [4.78, 5) is 11.6. The summed E-state index contributed by atoms with van der Waals surface area (Å²) >= 11 is 7.37. The Labute approximate surface area is 131 Å². The molecule has 86 valence electrons. The van der Waals surface area contributed by atoms with Crippen molar-refractivity contribution in [3.8, 4) is 0 Å². The maximum atomic E-state index is 11.6. The van der Waals surface area contributed by atoms with E-state index >= 15 is 0 Å². The summed E-state index contributed by atoms with van der Waals surface area (Å²) in [5, 5.41) is 2.87. The summed E-state index contributed by atoms with van der Waals surface area (Å²) in [5.41, 5.74) is 2.31. The molecule has 0 heterocycles. The lowest BCUT2D eigenvalue weighted by Gasteiger charge is -2.05. The van der Waals surface area contributed by atoms with E-state index in [2.05, 4.69) is 49.9 Å². The number of aryl methyl sites for hydroxylation is 1. The molecule has 1 rings (SSSR count). The third kappa shape index (κ3) is 4.70. The van der Waals surface area contributed by atoms with Gasteiger partial charge in [-0.1, -0.05) is 29.8 Å². The van der Waals surface area contributed by atoms with E-state index in [-0.39, 0.29) is 5.91 Å². The molecule has 0 aromatic heterocycles. The topological polar surface area (TPSA) is 29.1 Å². The quantitative estimate of drug-likeness (QED) is 0.487. The minimum absolute atomic E-state index is 0.0524. The van der Waals surface area contributed by atoms with Crippen LogP contribution >= 0.6 is 61.1 Å². The summed E-state index contributed by atoms with van der Waals surface area (Å²) in [5.74, 6) is -0.0524. The molecule has 0 bridgehead atoms. The lowest BCUT2D eigenvalue weighted by Crippen LogP contribution is -2.22. The summed E-state index contributed by atoms with van der Waals surface area (Å²) in [6.07, 6.45) is 0. The molecule has 5 heteroatoms. The SMILES string of the molecule is Cc1cccc(CNC(=O)/C(I)=C(/Br)I)c1. The van der Waals surface area contributed by atoms with Crippen molar-refractivity contribution in [2.75, 3.05) is 0 Å². The number of rotatable bonds is 3. The molecule has 2 nitrogen and oxygen atoms in total. The number of nitrogens with one attached hydrogen (secondary N) is 1. The second-order valence-electron chi connectivity index (χ2n) is 3.25. The van der Waals surface area contributed by atoms with Gasteiger partial charge in [0.2, 0.25) is 0 Å². The fourth-order valence-corrected chi connectivity index (χ4v) is 1.78. The van der Waals surface area contributed by atoms with Crippen molar-refractivity contribution in [3.63, 3.8) is 0 Å². The first kappa shape index (κ1) is 14.4. The number of benzene rings is 1. The Balaban J connectivity index is 2.59. The molecule has 0 saturated heterocycles. The van der Waals surface area contributed by atoms with Crippen LogP contribution in [-0.4, -0.2) is 5.91 Å². The molecule has 0 aliphatic carbocycles. The minimum atomic E-state index is -0.0524.